The number of fused-ring (bicyclic) bond motifs is 8. The molecule has 5 atom stereocenters. The Hall–Kier alpha value is -6.24. The van der Waals surface area contributed by atoms with Gasteiger partial charge in [-0.05, 0) is 103 Å². The van der Waals surface area contributed by atoms with Crippen LogP contribution in [0.1, 0.15) is 155 Å². The molecule has 0 aromatic heterocycles. The van der Waals surface area contributed by atoms with E-state index >= 15 is 0 Å². The highest BCUT2D eigenvalue weighted by molar-refractivity contribution is 5.95. The molecule has 3 aromatic carbocycles. The lowest BCUT2D eigenvalue weighted by atomic mass is 9.91. The van der Waals surface area contributed by atoms with Gasteiger partial charge in [0.2, 0.25) is 0 Å². The van der Waals surface area contributed by atoms with Crippen molar-refractivity contribution in [1.82, 2.24) is 0 Å². The molecule has 3 aliphatic rings. The molecule has 9 nitrogen and oxygen atoms in total. The first kappa shape index (κ1) is 44.3. The fourth-order valence-electron chi connectivity index (χ4n) is 8.13. The fourth-order valence-corrected chi connectivity index (χ4v) is 8.13. The quantitative estimate of drug-likeness (QED) is 0.195. The highest BCUT2D eigenvalue weighted by Gasteiger charge is 2.25. The average molecular weight is 815 g/mol. The second-order valence-electron chi connectivity index (χ2n) is 16.1. The zero-order valence-corrected chi connectivity index (χ0v) is 36.0. The molecule has 2 saturated carbocycles. The Morgan fingerprint density at radius 2 is 0.721 bits per heavy atom. The second kappa shape index (κ2) is 22.4. The summed E-state index contributed by atoms with van der Waals surface area (Å²) in [6, 6.07) is 10.8. The van der Waals surface area contributed by atoms with Crippen molar-refractivity contribution < 1.29 is 15.3 Å². The molecule has 9 heteroatoms. The number of aromatic hydroxyl groups is 3. The van der Waals surface area contributed by atoms with Crippen molar-refractivity contribution in [3.8, 4) is 52.8 Å². The smallest absolute Gasteiger partial charge is 0.133 e. The van der Waals surface area contributed by atoms with Gasteiger partial charge in [0.25, 0.3) is 0 Å². The Morgan fingerprint density at radius 3 is 1.07 bits per heavy atom. The van der Waals surface area contributed by atoms with Gasteiger partial charge in [-0.25, -0.2) is 0 Å². The number of benzene rings is 3. The zero-order chi connectivity index (χ0) is 43.0. The lowest BCUT2D eigenvalue weighted by Crippen LogP contribution is -2.27. The average Bonchev–Trinajstić information content (AvgIpc) is 3.26. The summed E-state index contributed by atoms with van der Waals surface area (Å²) in [5.74, 6) is 18.7. The number of hydrogen-bond acceptors (Lipinski definition) is 9. The van der Waals surface area contributed by atoms with E-state index in [9.17, 15) is 15.3 Å². The Kier molecular flexibility index (Phi) is 16.3. The van der Waals surface area contributed by atoms with Crippen LogP contribution in [0.3, 0.4) is 0 Å². The van der Waals surface area contributed by atoms with Gasteiger partial charge in [0.15, 0.2) is 0 Å². The molecule has 0 amide bonds. The van der Waals surface area contributed by atoms with Gasteiger partial charge in [0.1, 0.15) is 17.2 Å². The van der Waals surface area contributed by atoms with Crippen LogP contribution in [0.2, 0.25) is 0 Å². The van der Waals surface area contributed by atoms with Gasteiger partial charge in [-0.3, -0.25) is 30.0 Å². The van der Waals surface area contributed by atoms with E-state index in [0.29, 0.717) is 39.9 Å². The molecular weight excluding hydrogens is 757 g/mol. The number of nitrogens with zero attached hydrogens (tertiary/aromatic N) is 6. The maximum Gasteiger partial charge on any atom is 0.133 e. The predicted octanol–water partition coefficient (Wildman–Crippen LogP) is 9.42. The SMILES string of the molecule is CC#Cc1cc2c(O)c(c1)C=NC1CCCCC1N=Cc1cc(C#CC)cc(c1O)C=NC1CCCCC1N=Cc1cc(C#CC)cc(c1O)C=NC(C)CCCCCN=C2. The molecule has 6 bridgehead atoms. The van der Waals surface area contributed by atoms with E-state index in [2.05, 4.69) is 47.4 Å². The number of aliphatic imine (C=N–C) groups is 6. The normalized spacial score (nSPS) is 22.1. The summed E-state index contributed by atoms with van der Waals surface area (Å²) in [5.41, 5.74) is 5.83. The lowest BCUT2D eigenvalue weighted by Gasteiger charge is -2.26. The summed E-state index contributed by atoms with van der Waals surface area (Å²) in [6.45, 7) is 8.10. The number of phenolic OH excluding ortho intramolecular Hbond substituents is 3. The lowest BCUT2D eigenvalue weighted by molar-refractivity contribution is 0.389. The van der Waals surface area contributed by atoms with Crippen LogP contribution in [0, 0.1) is 35.5 Å². The van der Waals surface area contributed by atoms with Crippen LogP contribution in [0.15, 0.2) is 66.4 Å². The van der Waals surface area contributed by atoms with Crippen molar-refractivity contribution in [2.24, 2.45) is 30.0 Å². The highest BCUT2D eigenvalue weighted by atomic mass is 16.3. The predicted molar refractivity (Wildman–Crippen MR) is 252 cm³/mol. The van der Waals surface area contributed by atoms with Crippen LogP contribution in [0.25, 0.3) is 0 Å². The van der Waals surface area contributed by atoms with Gasteiger partial charge in [-0.15, -0.1) is 17.8 Å². The molecule has 61 heavy (non-hydrogen) atoms. The molecule has 3 N–H and O–H groups in total. The third-order valence-corrected chi connectivity index (χ3v) is 11.4. The van der Waals surface area contributed by atoms with E-state index in [1.165, 1.54) is 0 Å². The van der Waals surface area contributed by atoms with Crippen molar-refractivity contribution in [2.75, 3.05) is 6.54 Å². The molecule has 5 unspecified atom stereocenters. The number of hydrogen-bond donors (Lipinski definition) is 3. The summed E-state index contributed by atoms with van der Waals surface area (Å²) in [7, 11) is 0. The first-order valence-electron chi connectivity index (χ1n) is 21.8. The molecule has 2 aliphatic carbocycles. The van der Waals surface area contributed by atoms with Crippen LogP contribution in [-0.4, -0.2) is 89.4 Å². The minimum absolute atomic E-state index is 0.0616. The Balaban J connectivity index is 1.37. The minimum Gasteiger partial charge on any atom is -0.507 e. The van der Waals surface area contributed by atoms with E-state index in [-0.39, 0.29) is 47.5 Å². The van der Waals surface area contributed by atoms with Gasteiger partial charge in [0, 0.05) is 99.9 Å². The summed E-state index contributed by atoms with van der Waals surface area (Å²) in [5, 5.41) is 34.4. The van der Waals surface area contributed by atoms with Crippen molar-refractivity contribution >= 4 is 37.3 Å². The van der Waals surface area contributed by atoms with E-state index in [1.807, 2.05) is 36.4 Å². The van der Waals surface area contributed by atoms with E-state index in [1.54, 1.807) is 58.1 Å². The number of rotatable bonds is 0. The first-order valence-corrected chi connectivity index (χ1v) is 21.8. The number of phenols is 3. The molecule has 0 saturated heterocycles. The third kappa shape index (κ3) is 12.4. The second-order valence-corrected chi connectivity index (χ2v) is 16.1. The van der Waals surface area contributed by atoms with Crippen molar-refractivity contribution in [1.29, 1.82) is 0 Å². The van der Waals surface area contributed by atoms with E-state index < -0.39 is 0 Å². The minimum atomic E-state index is -0.104. The fraction of sp³-hybridized carbons (Fsp3) is 0.423. The summed E-state index contributed by atoms with van der Waals surface area (Å²) in [6.07, 6.45) is 21.8. The standard InChI is InChI=1S/C52H58N6O3/c1-5-15-37-24-40-30-53-23-14-8-9-18-36(4)54-31-41-25-38(16-6-2)27-43(51(41)60)33-56-48-21-12-13-22-49(48)58-35-45-29-39(17-7-3)28-44(52(45)61)34-57-47-20-11-10-19-46(47)55-32-42(26-37)50(40)59/h24-36,46-49,59-61H,8-14,18-23H2,1-4H3. The summed E-state index contributed by atoms with van der Waals surface area (Å²) < 4.78 is 0. The van der Waals surface area contributed by atoms with Gasteiger partial charge >= 0.3 is 0 Å². The molecule has 2 fully saturated rings. The van der Waals surface area contributed by atoms with E-state index in [4.69, 9.17) is 25.0 Å². The van der Waals surface area contributed by atoms with E-state index in [0.717, 1.165) is 93.7 Å². The largest absolute Gasteiger partial charge is 0.507 e. The van der Waals surface area contributed by atoms with Crippen LogP contribution < -0.4 is 0 Å². The summed E-state index contributed by atoms with van der Waals surface area (Å²) >= 11 is 0. The maximum atomic E-state index is 11.6. The molecule has 0 spiro atoms. The molecular formula is C52H58N6O3. The van der Waals surface area contributed by atoms with Crippen molar-refractivity contribution in [3.63, 3.8) is 0 Å². The summed E-state index contributed by atoms with van der Waals surface area (Å²) in [4.78, 5) is 29.5. The molecule has 6 rings (SSSR count). The van der Waals surface area contributed by atoms with Crippen LogP contribution >= 0.6 is 0 Å². The molecule has 0 radical (unpaired) electrons. The molecule has 314 valence electrons. The third-order valence-electron chi connectivity index (χ3n) is 11.4. The first-order chi connectivity index (χ1) is 29.8. The Morgan fingerprint density at radius 1 is 0.410 bits per heavy atom. The molecule has 1 heterocycles. The van der Waals surface area contributed by atoms with Gasteiger partial charge in [0.05, 0.1) is 24.2 Å². The Bertz CT molecular complexity index is 2410. The van der Waals surface area contributed by atoms with Crippen molar-refractivity contribution in [2.45, 2.75) is 135 Å². The molecule has 3 aromatic rings. The van der Waals surface area contributed by atoms with Gasteiger partial charge in [-0.2, -0.15) is 0 Å². The van der Waals surface area contributed by atoms with Gasteiger partial charge in [-0.1, -0.05) is 56.3 Å². The topological polar surface area (TPSA) is 135 Å². The van der Waals surface area contributed by atoms with Gasteiger partial charge < -0.3 is 15.3 Å². The monoisotopic (exact) mass is 814 g/mol. The maximum absolute atomic E-state index is 11.6. The van der Waals surface area contributed by atoms with Crippen LogP contribution in [-0.2, 0) is 0 Å². The van der Waals surface area contributed by atoms with Crippen LogP contribution in [0.5, 0.6) is 17.2 Å². The van der Waals surface area contributed by atoms with Crippen molar-refractivity contribution in [3.05, 3.63) is 86.5 Å². The highest BCUT2D eigenvalue weighted by Crippen LogP contribution is 2.30. The molecule has 1 aliphatic heterocycles. The zero-order valence-electron chi connectivity index (χ0n) is 36.0. The van der Waals surface area contributed by atoms with Crippen LogP contribution in [0.4, 0.5) is 0 Å². The Labute approximate surface area is 362 Å².